The lowest BCUT2D eigenvalue weighted by Gasteiger charge is -2.05. The van der Waals surface area contributed by atoms with Crippen LogP contribution in [0.5, 0.6) is 0 Å². The van der Waals surface area contributed by atoms with Crippen molar-refractivity contribution in [1.82, 2.24) is 0 Å². The first kappa shape index (κ1) is 12.2. The zero-order valence-electron chi connectivity index (χ0n) is 10.7. The van der Waals surface area contributed by atoms with Crippen molar-refractivity contribution in [1.29, 1.82) is 0 Å². The van der Waals surface area contributed by atoms with Crippen molar-refractivity contribution in [2.75, 3.05) is 0 Å². The summed E-state index contributed by atoms with van der Waals surface area (Å²) in [5.74, 6) is 0. The third-order valence-corrected chi connectivity index (χ3v) is 3.34. The number of hydrogen-bond donors (Lipinski definition) is 0. The summed E-state index contributed by atoms with van der Waals surface area (Å²) in [4.78, 5) is 0. The molecule has 0 unspecified atom stereocenters. The van der Waals surface area contributed by atoms with E-state index in [-0.39, 0.29) is 0 Å². The lowest BCUT2D eigenvalue weighted by molar-refractivity contribution is 0.633. The van der Waals surface area contributed by atoms with Gasteiger partial charge in [-0.05, 0) is 35.2 Å². The fraction of sp³-hybridized carbons (Fsp3) is 0.412. The van der Waals surface area contributed by atoms with Crippen LogP contribution in [0.15, 0.2) is 36.4 Å². The molecular weight excluding hydrogens is 204 g/mol. The largest absolute Gasteiger partial charge is 0.0654 e. The van der Waals surface area contributed by atoms with E-state index in [1.54, 1.807) is 0 Å². The van der Waals surface area contributed by atoms with Crippen LogP contribution in [0, 0.1) is 6.07 Å². The molecule has 0 heteroatoms. The number of rotatable bonds is 6. The maximum Gasteiger partial charge on any atom is -0.0143 e. The molecule has 0 aliphatic rings. The van der Waals surface area contributed by atoms with Gasteiger partial charge in [-0.3, -0.25) is 0 Å². The second kappa shape index (κ2) is 6.44. The van der Waals surface area contributed by atoms with E-state index >= 15 is 0 Å². The van der Waals surface area contributed by atoms with Crippen LogP contribution in [0.3, 0.4) is 0 Å². The van der Waals surface area contributed by atoms with Crippen LogP contribution < -0.4 is 0 Å². The Kier molecular flexibility index (Phi) is 4.61. The summed E-state index contributed by atoms with van der Waals surface area (Å²) in [7, 11) is 0. The summed E-state index contributed by atoms with van der Waals surface area (Å²) in [5.41, 5.74) is 1.39. The van der Waals surface area contributed by atoms with Crippen LogP contribution in [0.4, 0.5) is 0 Å². The highest BCUT2D eigenvalue weighted by Gasteiger charge is 2.00. The Bertz CT molecular complexity index is 451. The minimum absolute atomic E-state index is 1.17. The molecule has 0 spiro atoms. The average molecular weight is 225 g/mol. The Balaban J connectivity index is 1.98. The van der Waals surface area contributed by atoms with Crippen molar-refractivity contribution in [2.45, 2.75) is 45.4 Å². The molecule has 0 aliphatic carbocycles. The highest BCUT2D eigenvalue weighted by atomic mass is 14.0. The highest BCUT2D eigenvalue weighted by Crippen LogP contribution is 2.20. The number of hydrogen-bond acceptors (Lipinski definition) is 0. The molecule has 0 saturated heterocycles. The van der Waals surface area contributed by atoms with Crippen LogP contribution in [0.25, 0.3) is 10.8 Å². The summed E-state index contributed by atoms with van der Waals surface area (Å²) in [6, 6.07) is 16.2. The first-order valence-corrected chi connectivity index (χ1v) is 6.80. The van der Waals surface area contributed by atoms with Crippen LogP contribution >= 0.6 is 0 Å². The predicted octanol–water partition coefficient (Wildman–Crippen LogP) is 5.15. The van der Waals surface area contributed by atoms with Crippen molar-refractivity contribution >= 4 is 10.8 Å². The van der Waals surface area contributed by atoms with Gasteiger partial charge in [0.1, 0.15) is 0 Å². The summed E-state index contributed by atoms with van der Waals surface area (Å²) >= 11 is 0. The molecule has 0 nitrogen and oxygen atoms in total. The maximum absolute atomic E-state index is 3.40. The van der Waals surface area contributed by atoms with Gasteiger partial charge in [-0.25, -0.2) is 0 Å². The Hall–Kier alpha value is -1.30. The van der Waals surface area contributed by atoms with Crippen molar-refractivity contribution in [2.24, 2.45) is 0 Å². The molecule has 2 aromatic carbocycles. The van der Waals surface area contributed by atoms with E-state index in [0.717, 1.165) is 0 Å². The van der Waals surface area contributed by atoms with Gasteiger partial charge in [-0.2, -0.15) is 0 Å². The second-order valence-corrected chi connectivity index (χ2v) is 4.71. The van der Waals surface area contributed by atoms with Gasteiger partial charge in [0.05, 0.1) is 0 Å². The number of aryl methyl sites for hydroxylation is 1. The van der Waals surface area contributed by atoms with E-state index in [0.29, 0.717) is 0 Å². The molecular formula is C17H21. The van der Waals surface area contributed by atoms with Crippen molar-refractivity contribution < 1.29 is 0 Å². The van der Waals surface area contributed by atoms with Crippen LogP contribution in [0.2, 0.25) is 0 Å². The smallest absolute Gasteiger partial charge is 0.0143 e. The molecule has 0 amide bonds. The lowest BCUT2D eigenvalue weighted by atomic mass is 9.99. The van der Waals surface area contributed by atoms with Crippen molar-refractivity contribution in [3.63, 3.8) is 0 Å². The third-order valence-electron chi connectivity index (χ3n) is 3.34. The van der Waals surface area contributed by atoms with E-state index in [2.05, 4.69) is 49.4 Å². The molecule has 17 heavy (non-hydrogen) atoms. The van der Waals surface area contributed by atoms with Gasteiger partial charge >= 0.3 is 0 Å². The first-order valence-electron chi connectivity index (χ1n) is 6.80. The van der Waals surface area contributed by atoms with E-state index in [4.69, 9.17) is 0 Å². The molecule has 0 bridgehead atoms. The summed E-state index contributed by atoms with van der Waals surface area (Å²) < 4.78 is 0. The molecule has 0 heterocycles. The Morgan fingerprint density at radius 3 is 2.65 bits per heavy atom. The first-order chi connectivity index (χ1) is 8.42. The van der Waals surface area contributed by atoms with Gasteiger partial charge in [0, 0.05) is 0 Å². The molecule has 0 saturated carbocycles. The van der Waals surface area contributed by atoms with Gasteiger partial charge in [-0.1, -0.05) is 69.0 Å². The van der Waals surface area contributed by atoms with Crippen LogP contribution in [-0.2, 0) is 6.42 Å². The molecule has 1 radical (unpaired) electrons. The fourth-order valence-electron chi connectivity index (χ4n) is 2.34. The summed E-state index contributed by atoms with van der Waals surface area (Å²) in [6.07, 6.45) is 7.89. The third kappa shape index (κ3) is 3.33. The average Bonchev–Trinajstić information content (AvgIpc) is 2.39. The minimum Gasteiger partial charge on any atom is -0.0654 e. The highest BCUT2D eigenvalue weighted by molar-refractivity contribution is 5.85. The fourth-order valence-corrected chi connectivity index (χ4v) is 2.34. The maximum atomic E-state index is 3.40. The van der Waals surface area contributed by atoms with Crippen molar-refractivity contribution in [3.05, 3.63) is 48.0 Å². The van der Waals surface area contributed by atoms with Crippen molar-refractivity contribution in [3.8, 4) is 0 Å². The standard InChI is InChI=1S/C17H21/c1-2-3-4-5-6-10-15-12-9-13-16-11-7-8-14-17(15)16/h7-9,11,13-14H,2-6,10H2,1H3. The molecule has 0 N–H and O–H groups in total. The molecule has 89 valence electrons. The molecule has 2 rings (SSSR count). The van der Waals surface area contributed by atoms with E-state index < -0.39 is 0 Å². The number of fused-ring (bicyclic) bond motifs is 1. The number of benzene rings is 2. The van der Waals surface area contributed by atoms with Gasteiger partial charge in [0.25, 0.3) is 0 Å². The van der Waals surface area contributed by atoms with Gasteiger partial charge in [0.2, 0.25) is 0 Å². The minimum atomic E-state index is 1.17. The summed E-state index contributed by atoms with van der Waals surface area (Å²) in [6.45, 7) is 2.26. The Labute approximate surface area is 105 Å². The van der Waals surface area contributed by atoms with Crippen LogP contribution in [0.1, 0.15) is 44.6 Å². The van der Waals surface area contributed by atoms with E-state index in [9.17, 15) is 0 Å². The lowest BCUT2D eigenvalue weighted by Crippen LogP contribution is -1.88. The molecule has 0 aliphatic heterocycles. The SMILES string of the molecule is CCCCCCCc1[c]ccc2ccccc12. The zero-order chi connectivity index (χ0) is 11.9. The molecule has 2 aromatic rings. The topological polar surface area (TPSA) is 0 Å². The monoisotopic (exact) mass is 225 g/mol. The quantitative estimate of drug-likeness (QED) is 0.596. The normalized spacial score (nSPS) is 10.9. The van der Waals surface area contributed by atoms with E-state index in [1.165, 1.54) is 54.9 Å². The molecule has 0 fully saturated rings. The molecule has 0 aromatic heterocycles. The van der Waals surface area contributed by atoms with Gasteiger partial charge in [-0.15, -0.1) is 0 Å². The summed E-state index contributed by atoms with van der Waals surface area (Å²) in [5, 5.41) is 2.72. The van der Waals surface area contributed by atoms with Crippen LogP contribution in [-0.4, -0.2) is 0 Å². The number of unbranched alkanes of at least 4 members (excludes halogenated alkanes) is 4. The van der Waals surface area contributed by atoms with E-state index in [1.807, 2.05) is 0 Å². The predicted molar refractivity (Wildman–Crippen MR) is 75.2 cm³/mol. The molecule has 0 atom stereocenters. The Morgan fingerprint density at radius 1 is 0.941 bits per heavy atom. The zero-order valence-corrected chi connectivity index (χ0v) is 10.7. The van der Waals surface area contributed by atoms with Gasteiger partial charge < -0.3 is 0 Å². The second-order valence-electron chi connectivity index (χ2n) is 4.71. The Morgan fingerprint density at radius 2 is 1.76 bits per heavy atom. The van der Waals surface area contributed by atoms with Gasteiger partial charge in [0.15, 0.2) is 0 Å².